The van der Waals surface area contributed by atoms with Gasteiger partial charge in [0.05, 0.1) is 6.04 Å². The molecule has 4 N–H and O–H groups in total. The highest BCUT2D eigenvalue weighted by atomic mass is 32.2. The van der Waals surface area contributed by atoms with Crippen molar-refractivity contribution in [3.05, 3.63) is 0 Å². The molecule has 0 saturated heterocycles. The summed E-state index contributed by atoms with van der Waals surface area (Å²) in [5.74, 6) is 1.03. The zero-order valence-electron chi connectivity index (χ0n) is 11.9. The largest absolute Gasteiger partial charge is 0.388 e. The maximum Gasteiger partial charge on any atom is 0.191 e. The SMILES string of the molecule is CCCSc1nc(N)c2nnn([C@@H]3C[C@H](F)C(O)[C@H]3O)c2n1. The monoisotopic (exact) mass is 328 g/mol. The average Bonchev–Trinajstić information content (AvgIpc) is 3.02. The smallest absolute Gasteiger partial charge is 0.191 e. The minimum atomic E-state index is -1.51. The summed E-state index contributed by atoms with van der Waals surface area (Å²) in [6, 6.07) is -0.728. The summed E-state index contributed by atoms with van der Waals surface area (Å²) in [5, 5.41) is 27.9. The summed E-state index contributed by atoms with van der Waals surface area (Å²) in [6.45, 7) is 2.04. The lowest BCUT2D eigenvalue weighted by atomic mass is 10.2. The predicted molar refractivity (Wildman–Crippen MR) is 79.1 cm³/mol. The molecule has 0 spiro atoms. The minimum Gasteiger partial charge on any atom is -0.388 e. The van der Waals surface area contributed by atoms with E-state index in [2.05, 4.69) is 20.3 Å². The number of fused-ring (bicyclic) bond motifs is 1. The number of aliphatic hydroxyl groups is 2. The molecule has 1 unspecified atom stereocenters. The van der Waals surface area contributed by atoms with Crippen LogP contribution in [0.5, 0.6) is 0 Å². The van der Waals surface area contributed by atoms with E-state index in [0.717, 1.165) is 12.2 Å². The van der Waals surface area contributed by atoms with Gasteiger partial charge in [0.15, 0.2) is 22.1 Å². The van der Waals surface area contributed by atoms with E-state index in [1.807, 2.05) is 6.92 Å². The zero-order valence-corrected chi connectivity index (χ0v) is 12.7. The third kappa shape index (κ3) is 2.50. The van der Waals surface area contributed by atoms with E-state index in [4.69, 9.17) is 5.73 Å². The van der Waals surface area contributed by atoms with Gasteiger partial charge in [-0.2, -0.15) is 0 Å². The Kier molecular flexibility index (Phi) is 4.15. The van der Waals surface area contributed by atoms with E-state index in [1.54, 1.807) is 0 Å². The molecule has 1 aliphatic rings. The molecule has 22 heavy (non-hydrogen) atoms. The van der Waals surface area contributed by atoms with E-state index in [0.29, 0.717) is 16.3 Å². The van der Waals surface area contributed by atoms with Crippen LogP contribution in [0, 0.1) is 0 Å². The first-order valence-corrected chi connectivity index (χ1v) is 8.03. The Labute approximate surface area is 129 Å². The molecule has 0 aromatic carbocycles. The highest BCUT2D eigenvalue weighted by molar-refractivity contribution is 7.99. The van der Waals surface area contributed by atoms with Gasteiger partial charge < -0.3 is 15.9 Å². The third-order valence-electron chi connectivity index (χ3n) is 3.66. The fourth-order valence-corrected chi connectivity index (χ4v) is 3.21. The van der Waals surface area contributed by atoms with Crippen LogP contribution in [0.4, 0.5) is 10.2 Å². The van der Waals surface area contributed by atoms with Crippen LogP contribution in [0.2, 0.25) is 0 Å². The Bertz CT molecular complexity index is 683. The second-order valence-corrected chi connectivity index (χ2v) is 6.31. The molecule has 2 aromatic rings. The highest BCUT2D eigenvalue weighted by Crippen LogP contribution is 2.34. The lowest BCUT2D eigenvalue weighted by Crippen LogP contribution is -2.30. The summed E-state index contributed by atoms with van der Waals surface area (Å²) in [7, 11) is 0. The van der Waals surface area contributed by atoms with Crippen LogP contribution in [-0.4, -0.2) is 59.3 Å². The number of anilines is 1. The third-order valence-corrected chi connectivity index (χ3v) is 4.71. The molecular formula is C12H17FN6O2S. The van der Waals surface area contributed by atoms with Gasteiger partial charge in [-0.05, 0) is 6.42 Å². The standard InChI is InChI=1S/C12H17FN6O2S/c1-2-3-22-12-15-10(14)7-11(16-12)19(18-17-7)6-4-5(13)8(20)9(6)21/h5-6,8-9,20-21H,2-4H2,1H3,(H2,14,15,16)/t5-,6+,8?,9-/m0/s1. The number of hydrogen-bond acceptors (Lipinski definition) is 8. The van der Waals surface area contributed by atoms with Gasteiger partial charge in [-0.3, -0.25) is 0 Å². The van der Waals surface area contributed by atoms with Gasteiger partial charge in [0.1, 0.15) is 18.4 Å². The van der Waals surface area contributed by atoms with Gasteiger partial charge in [-0.25, -0.2) is 19.0 Å². The van der Waals surface area contributed by atoms with Crippen LogP contribution in [-0.2, 0) is 0 Å². The van der Waals surface area contributed by atoms with E-state index in [-0.39, 0.29) is 12.2 Å². The van der Waals surface area contributed by atoms with Gasteiger partial charge in [0.2, 0.25) is 0 Å². The van der Waals surface area contributed by atoms with E-state index >= 15 is 0 Å². The van der Waals surface area contributed by atoms with Gasteiger partial charge in [-0.1, -0.05) is 23.9 Å². The molecule has 2 heterocycles. The molecule has 1 saturated carbocycles. The Balaban J connectivity index is 2.02. The zero-order chi connectivity index (χ0) is 15.9. The van der Waals surface area contributed by atoms with E-state index in [9.17, 15) is 14.6 Å². The quantitative estimate of drug-likeness (QED) is 0.541. The van der Waals surface area contributed by atoms with Crippen LogP contribution < -0.4 is 5.73 Å². The lowest BCUT2D eigenvalue weighted by molar-refractivity contribution is -0.00249. The Morgan fingerprint density at radius 3 is 2.77 bits per heavy atom. The molecule has 0 amide bonds. The van der Waals surface area contributed by atoms with Crippen molar-refractivity contribution >= 4 is 28.7 Å². The second kappa shape index (κ2) is 5.94. The van der Waals surface area contributed by atoms with Gasteiger partial charge in [0.25, 0.3) is 0 Å². The van der Waals surface area contributed by atoms with Crippen molar-refractivity contribution in [3.8, 4) is 0 Å². The van der Waals surface area contributed by atoms with Gasteiger partial charge >= 0.3 is 0 Å². The van der Waals surface area contributed by atoms with Gasteiger partial charge in [0, 0.05) is 12.2 Å². The number of aliphatic hydroxyl groups excluding tert-OH is 2. The van der Waals surface area contributed by atoms with Gasteiger partial charge in [-0.15, -0.1) is 5.10 Å². The van der Waals surface area contributed by atoms with Crippen LogP contribution in [0.25, 0.3) is 11.2 Å². The van der Waals surface area contributed by atoms with Crippen molar-refractivity contribution < 1.29 is 14.6 Å². The average molecular weight is 328 g/mol. The van der Waals surface area contributed by atoms with Crippen molar-refractivity contribution in [1.29, 1.82) is 0 Å². The highest BCUT2D eigenvalue weighted by Gasteiger charge is 2.44. The number of alkyl halides is 1. The predicted octanol–water partition coefficient (Wildman–Crippen LogP) is 0.310. The molecule has 0 aliphatic heterocycles. The first kappa shape index (κ1) is 15.4. The number of hydrogen-bond donors (Lipinski definition) is 3. The first-order chi connectivity index (χ1) is 10.5. The summed E-state index contributed by atoms with van der Waals surface area (Å²) in [6.07, 6.45) is -3.30. The molecule has 4 atom stereocenters. The number of nitrogens with two attached hydrogens (primary N) is 1. The second-order valence-electron chi connectivity index (χ2n) is 5.25. The summed E-state index contributed by atoms with van der Waals surface area (Å²) >= 11 is 1.45. The van der Waals surface area contributed by atoms with E-state index in [1.165, 1.54) is 16.4 Å². The van der Waals surface area contributed by atoms with Crippen molar-refractivity contribution in [2.75, 3.05) is 11.5 Å². The Morgan fingerprint density at radius 2 is 2.14 bits per heavy atom. The summed E-state index contributed by atoms with van der Waals surface area (Å²) in [5.41, 5.74) is 6.52. The molecule has 2 aromatic heterocycles. The van der Waals surface area contributed by atoms with E-state index < -0.39 is 24.4 Å². The molecule has 3 rings (SSSR count). The molecule has 1 aliphatic carbocycles. The molecule has 120 valence electrons. The number of nitrogens with zero attached hydrogens (tertiary/aromatic N) is 5. The van der Waals surface area contributed by atoms with Crippen molar-refractivity contribution in [1.82, 2.24) is 25.0 Å². The van der Waals surface area contributed by atoms with Crippen LogP contribution >= 0.6 is 11.8 Å². The minimum absolute atomic E-state index is 0.0534. The van der Waals surface area contributed by atoms with Crippen molar-refractivity contribution in [2.24, 2.45) is 0 Å². The molecule has 1 fully saturated rings. The maximum atomic E-state index is 13.6. The first-order valence-electron chi connectivity index (χ1n) is 7.04. The lowest BCUT2D eigenvalue weighted by Gasteiger charge is -2.16. The molecular weight excluding hydrogens is 311 g/mol. The summed E-state index contributed by atoms with van der Waals surface area (Å²) in [4.78, 5) is 8.51. The Morgan fingerprint density at radius 1 is 1.36 bits per heavy atom. The van der Waals surface area contributed by atoms with Crippen LogP contribution in [0.1, 0.15) is 25.8 Å². The summed E-state index contributed by atoms with van der Waals surface area (Å²) < 4.78 is 14.9. The van der Waals surface area contributed by atoms with Crippen molar-refractivity contribution in [3.63, 3.8) is 0 Å². The molecule has 0 bridgehead atoms. The number of halogens is 1. The maximum absolute atomic E-state index is 13.6. The number of thioether (sulfide) groups is 1. The fraction of sp³-hybridized carbons (Fsp3) is 0.667. The van der Waals surface area contributed by atoms with Crippen molar-refractivity contribution in [2.45, 2.75) is 49.3 Å². The van der Waals surface area contributed by atoms with Crippen LogP contribution in [0.15, 0.2) is 5.16 Å². The molecule has 10 heteroatoms. The fourth-order valence-electron chi connectivity index (χ4n) is 2.51. The number of rotatable bonds is 4. The number of nitrogen functional groups attached to an aromatic ring is 1. The number of aromatic nitrogens is 5. The molecule has 8 nitrogen and oxygen atoms in total. The van der Waals surface area contributed by atoms with Crippen LogP contribution in [0.3, 0.4) is 0 Å². The molecule has 0 radical (unpaired) electrons. The Hall–Kier alpha value is -1.52. The normalized spacial score (nSPS) is 28.5. The topological polar surface area (TPSA) is 123 Å².